The van der Waals surface area contributed by atoms with E-state index in [4.69, 9.17) is 4.74 Å². The molecule has 1 aromatic carbocycles. The molecule has 0 saturated carbocycles. The van der Waals surface area contributed by atoms with Gasteiger partial charge in [0.2, 0.25) is 5.91 Å². The molecule has 4 rings (SSSR count). The Morgan fingerprint density at radius 2 is 2.10 bits per heavy atom. The predicted molar refractivity (Wildman–Crippen MR) is 80.3 cm³/mol. The Bertz CT molecular complexity index is 584. The number of likely N-dealkylation sites (tertiary alicyclic amines) is 1. The maximum absolute atomic E-state index is 11.8. The highest BCUT2D eigenvalue weighted by Crippen LogP contribution is 2.33. The number of benzene rings is 1. The van der Waals surface area contributed by atoms with Gasteiger partial charge < -0.3 is 10.1 Å². The van der Waals surface area contributed by atoms with Crippen LogP contribution in [-0.4, -0.2) is 37.6 Å². The molecule has 21 heavy (non-hydrogen) atoms. The smallest absolute Gasteiger partial charge is 0.224 e. The van der Waals surface area contributed by atoms with Crippen molar-refractivity contribution in [2.24, 2.45) is 11.8 Å². The summed E-state index contributed by atoms with van der Waals surface area (Å²) < 4.78 is 5.59. The Morgan fingerprint density at radius 3 is 2.86 bits per heavy atom. The van der Waals surface area contributed by atoms with Gasteiger partial charge in [0.05, 0.1) is 13.0 Å². The van der Waals surface area contributed by atoms with Crippen LogP contribution in [0.4, 0.5) is 0 Å². The zero-order chi connectivity index (χ0) is 14.4. The molecule has 1 aliphatic carbocycles. The SMILES string of the molecule is COc1cc2c(cc1CN1C[C@@H]3CNC(=O)[C@@H]3C1)CCC2. The minimum Gasteiger partial charge on any atom is -0.496 e. The van der Waals surface area contributed by atoms with Crippen LogP contribution in [0.2, 0.25) is 0 Å². The molecule has 4 heteroatoms. The van der Waals surface area contributed by atoms with E-state index in [2.05, 4.69) is 22.3 Å². The fourth-order valence-corrected chi connectivity index (χ4v) is 4.16. The first-order valence-electron chi connectivity index (χ1n) is 7.93. The number of hydrogen-bond acceptors (Lipinski definition) is 3. The van der Waals surface area contributed by atoms with E-state index in [-0.39, 0.29) is 11.8 Å². The Kier molecular flexibility index (Phi) is 3.14. The van der Waals surface area contributed by atoms with Crippen LogP contribution in [0.15, 0.2) is 12.1 Å². The maximum Gasteiger partial charge on any atom is 0.224 e. The quantitative estimate of drug-likeness (QED) is 0.912. The molecule has 1 amide bonds. The summed E-state index contributed by atoms with van der Waals surface area (Å²) in [5.41, 5.74) is 4.22. The Balaban J connectivity index is 1.54. The summed E-state index contributed by atoms with van der Waals surface area (Å²) in [5.74, 6) is 1.95. The first-order chi connectivity index (χ1) is 10.2. The molecule has 0 spiro atoms. The van der Waals surface area contributed by atoms with Crippen LogP contribution in [0.3, 0.4) is 0 Å². The molecule has 1 N–H and O–H groups in total. The van der Waals surface area contributed by atoms with Crippen molar-refractivity contribution in [1.82, 2.24) is 10.2 Å². The highest BCUT2D eigenvalue weighted by Gasteiger charge is 2.41. The number of hydrogen-bond donors (Lipinski definition) is 1. The first kappa shape index (κ1) is 13.1. The molecule has 4 nitrogen and oxygen atoms in total. The third-order valence-electron chi connectivity index (χ3n) is 5.28. The number of carbonyl (C=O) groups is 1. The zero-order valence-corrected chi connectivity index (χ0v) is 12.5. The number of nitrogens with one attached hydrogen (secondary N) is 1. The minimum absolute atomic E-state index is 0.199. The Morgan fingerprint density at radius 1 is 1.29 bits per heavy atom. The van der Waals surface area contributed by atoms with Crippen molar-refractivity contribution in [2.75, 3.05) is 26.7 Å². The molecule has 1 aromatic rings. The van der Waals surface area contributed by atoms with Crippen LogP contribution in [0.25, 0.3) is 0 Å². The predicted octanol–water partition coefficient (Wildman–Crippen LogP) is 1.36. The monoisotopic (exact) mass is 286 g/mol. The third-order valence-corrected chi connectivity index (χ3v) is 5.28. The second kappa shape index (κ2) is 5.02. The van der Waals surface area contributed by atoms with Crippen LogP contribution >= 0.6 is 0 Å². The van der Waals surface area contributed by atoms with Crippen molar-refractivity contribution in [1.29, 1.82) is 0 Å². The van der Waals surface area contributed by atoms with E-state index < -0.39 is 0 Å². The van der Waals surface area contributed by atoms with Crippen LogP contribution in [0.5, 0.6) is 5.75 Å². The molecule has 0 unspecified atom stereocenters. The van der Waals surface area contributed by atoms with Crippen LogP contribution < -0.4 is 10.1 Å². The molecule has 2 atom stereocenters. The van der Waals surface area contributed by atoms with E-state index in [0.717, 1.165) is 31.9 Å². The molecular weight excluding hydrogens is 264 g/mol. The van der Waals surface area contributed by atoms with E-state index in [9.17, 15) is 4.79 Å². The summed E-state index contributed by atoms with van der Waals surface area (Å²) in [6.07, 6.45) is 3.63. The topological polar surface area (TPSA) is 41.6 Å². The molecule has 2 aliphatic heterocycles. The fourth-order valence-electron chi connectivity index (χ4n) is 4.16. The molecule has 2 heterocycles. The normalized spacial score (nSPS) is 27.6. The number of ether oxygens (including phenoxy) is 1. The van der Waals surface area contributed by atoms with Gasteiger partial charge in [-0.3, -0.25) is 9.69 Å². The van der Waals surface area contributed by atoms with Gasteiger partial charge in [0.1, 0.15) is 5.75 Å². The van der Waals surface area contributed by atoms with Gasteiger partial charge in [-0.2, -0.15) is 0 Å². The Hall–Kier alpha value is -1.55. The van der Waals surface area contributed by atoms with Gasteiger partial charge in [-0.15, -0.1) is 0 Å². The maximum atomic E-state index is 11.8. The van der Waals surface area contributed by atoms with E-state index in [1.54, 1.807) is 7.11 Å². The van der Waals surface area contributed by atoms with Crippen molar-refractivity contribution in [2.45, 2.75) is 25.8 Å². The summed E-state index contributed by atoms with van der Waals surface area (Å²) in [5, 5.41) is 2.97. The number of nitrogens with zero attached hydrogens (tertiary/aromatic N) is 1. The van der Waals surface area contributed by atoms with Crippen molar-refractivity contribution >= 4 is 5.91 Å². The lowest BCUT2D eigenvalue weighted by molar-refractivity contribution is -0.122. The number of rotatable bonds is 3. The summed E-state index contributed by atoms with van der Waals surface area (Å²) in [6.45, 7) is 3.65. The summed E-state index contributed by atoms with van der Waals surface area (Å²) in [4.78, 5) is 14.2. The van der Waals surface area contributed by atoms with Crippen LogP contribution in [0.1, 0.15) is 23.1 Å². The van der Waals surface area contributed by atoms with E-state index in [0.29, 0.717) is 5.92 Å². The van der Waals surface area contributed by atoms with Gasteiger partial charge in [-0.1, -0.05) is 6.07 Å². The van der Waals surface area contributed by atoms with Gasteiger partial charge in [-0.25, -0.2) is 0 Å². The Labute approximate surface area is 125 Å². The molecular formula is C17H22N2O2. The standard InChI is InChI=1S/C17H22N2O2/c1-21-16-6-12-4-2-3-11(12)5-13(16)8-19-9-14-7-18-17(20)15(14)10-19/h5-6,14-15H,2-4,7-10H2,1H3,(H,18,20)/t14-,15+/m0/s1. The third kappa shape index (κ3) is 2.22. The molecule has 112 valence electrons. The average molecular weight is 286 g/mol. The number of fused-ring (bicyclic) bond motifs is 2. The number of amides is 1. The summed E-state index contributed by atoms with van der Waals surface area (Å²) >= 11 is 0. The highest BCUT2D eigenvalue weighted by atomic mass is 16.5. The molecule has 0 radical (unpaired) electrons. The van der Waals surface area contributed by atoms with E-state index >= 15 is 0 Å². The lowest BCUT2D eigenvalue weighted by Gasteiger charge is -2.19. The lowest BCUT2D eigenvalue weighted by atomic mass is 10.0. The first-order valence-corrected chi connectivity index (χ1v) is 7.93. The summed E-state index contributed by atoms with van der Waals surface area (Å²) in [7, 11) is 1.76. The molecule has 0 aromatic heterocycles. The fraction of sp³-hybridized carbons (Fsp3) is 0.588. The lowest BCUT2D eigenvalue weighted by Crippen LogP contribution is -2.28. The minimum atomic E-state index is 0.199. The molecule has 3 aliphatic rings. The summed E-state index contributed by atoms with van der Waals surface area (Å²) in [6, 6.07) is 4.55. The second-order valence-corrected chi connectivity index (χ2v) is 6.59. The van der Waals surface area contributed by atoms with E-state index in [1.165, 1.54) is 36.0 Å². The van der Waals surface area contributed by atoms with Crippen molar-refractivity contribution in [3.63, 3.8) is 0 Å². The van der Waals surface area contributed by atoms with Crippen LogP contribution in [0, 0.1) is 11.8 Å². The van der Waals surface area contributed by atoms with Crippen LogP contribution in [-0.2, 0) is 24.2 Å². The van der Waals surface area contributed by atoms with Gasteiger partial charge in [-0.05, 0) is 36.5 Å². The van der Waals surface area contributed by atoms with Crippen molar-refractivity contribution < 1.29 is 9.53 Å². The van der Waals surface area contributed by atoms with Crippen molar-refractivity contribution in [3.8, 4) is 5.75 Å². The van der Waals surface area contributed by atoms with E-state index in [1.807, 2.05) is 0 Å². The zero-order valence-electron chi connectivity index (χ0n) is 12.5. The second-order valence-electron chi connectivity index (χ2n) is 6.59. The van der Waals surface area contributed by atoms with Crippen molar-refractivity contribution in [3.05, 3.63) is 28.8 Å². The van der Waals surface area contributed by atoms with Gasteiger partial charge >= 0.3 is 0 Å². The average Bonchev–Trinajstić information content (AvgIpc) is 3.16. The van der Waals surface area contributed by atoms with Gasteiger partial charge in [0.15, 0.2) is 0 Å². The number of aryl methyl sites for hydroxylation is 2. The number of methoxy groups -OCH3 is 1. The largest absolute Gasteiger partial charge is 0.496 e. The molecule has 0 bridgehead atoms. The highest BCUT2D eigenvalue weighted by molar-refractivity contribution is 5.81. The van der Waals surface area contributed by atoms with Gasteiger partial charge in [0.25, 0.3) is 0 Å². The molecule has 2 saturated heterocycles. The molecule has 2 fully saturated rings. The van der Waals surface area contributed by atoms with Gasteiger partial charge in [0, 0.05) is 37.7 Å². The number of carbonyl (C=O) groups excluding carboxylic acids is 1.